The molecular weight excluding hydrogens is 350 g/mol. The van der Waals surface area contributed by atoms with Crippen LogP contribution in [0.25, 0.3) is 11.0 Å². The van der Waals surface area contributed by atoms with E-state index in [1.165, 1.54) is 30.6 Å². The lowest BCUT2D eigenvalue weighted by atomic mass is 9.96. The molecule has 2 aliphatic heterocycles. The van der Waals surface area contributed by atoms with Crippen molar-refractivity contribution in [3.8, 4) is 0 Å². The predicted octanol–water partition coefficient (Wildman–Crippen LogP) is 3.04. The van der Waals surface area contributed by atoms with Crippen LogP contribution in [-0.2, 0) is 18.6 Å². The zero-order valence-electron chi connectivity index (χ0n) is 16.8. The summed E-state index contributed by atoms with van der Waals surface area (Å²) >= 11 is 0. The van der Waals surface area contributed by atoms with E-state index < -0.39 is 5.60 Å². The third-order valence-electron chi connectivity index (χ3n) is 6.40. The largest absolute Gasteiger partial charge is 0.384 e. The fourth-order valence-corrected chi connectivity index (χ4v) is 4.94. The summed E-state index contributed by atoms with van der Waals surface area (Å²) in [7, 11) is 0. The Bertz CT molecular complexity index is 1040. The highest BCUT2D eigenvalue weighted by Gasteiger charge is 2.37. The lowest BCUT2D eigenvalue weighted by Crippen LogP contribution is -2.33. The van der Waals surface area contributed by atoms with Crippen LogP contribution in [0.4, 0.5) is 0 Å². The van der Waals surface area contributed by atoms with E-state index in [0.29, 0.717) is 12.6 Å². The third-order valence-corrected chi connectivity index (χ3v) is 6.40. The van der Waals surface area contributed by atoms with Crippen molar-refractivity contribution < 1.29 is 5.11 Å². The monoisotopic (exact) mass is 377 g/mol. The minimum Gasteiger partial charge on any atom is -0.384 e. The molecule has 3 aromatic rings. The first-order valence-electron chi connectivity index (χ1n) is 10.2. The van der Waals surface area contributed by atoms with Gasteiger partial charge in [-0.1, -0.05) is 6.07 Å². The molecule has 0 bridgehead atoms. The molecule has 5 heterocycles. The Labute approximate surface area is 165 Å². The summed E-state index contributed by atoms with van der Waals surface area (Å²) in [4.78, 5) is 16.3. The van der Waals surface area contributed by atoms with Crippen LogP contribution < -0.4 is 0 Å². The summed E-state index contributed by atoms with van der Waals surface area (Å²) in [5.74, 6) is 0.803. The Balaban J connectivity index is 1.65. The van der Waals surface area contributed by atoms with Crippen molar-refractivity contribution >= 4 is 11.0 Å². The lowest BCUT2D eigenvalue weighted by molar-refractivity contribution is 0.0380. The summed E-state index contributed by atoms with van der Waals surface area (Å²) in [6, 6.07) is 4.38. The second-order valence-electron chi connectivity index (χ2n) is 8.50. The molecule has 6 nitrogen and oxygen atoms in total. The number of hydrogen-bond donors (Lipinski definition) is 1. The van der Waals surface area contributed by atoms with Crippen LogP contribution >= 0.6 is 0 Å². The molecule has 0 saturated carbocycles. The van der Waals surface area contributed by atoms with E-state index in [-0.39, 0.29) is 0 Å². The number of pyridine rings is 1. The highest BCUT2D eigenvalue weighted by Crippen LogP contribution is 2.43. The summed E-state index contributed by atoms with van der Waals surface area (Å²) in [5, 5.41) is 11.3. The first kappa shape index (κ1) is 17.8. The Hall–Kier alpha value is -2.31. The second-order valence-corrected chi connectivity index (χ2v) is 8.50. The fraction of sp³-hybridized carbons (Fsp3) is 0.500. The molecule has 2 unspecified atom stereocenters. The van der Waals surface area contributed by atoms with Crippen molar-refractivity contribution in [1.29, 1.82) is 0 Å². The average Bonchev–Trinajstić information content (AvgIpc) is 3.25. The molecule has 2 atom stereocenters. The topological polar surface area (TPSA) is 67.1 Å². The van der Waals surface area contributed by atoms with Gasteiger partial charge in [0.1, 0.15) is 11.4 Å². The molecule has 0 aliphatic carbocycles. The number of aliphatic hydroxyl groups is 1. The summed E-state index contributed by atoms with van der Waals surface area (Å²) < 4.78 is 2.26. The Kier molecular flexibility index (Phi) is 4.03. The maximum atomic E-state index is 11.3. The molecule has 6 heteroatoms. The minimum atomic E-state index is -1.02. The second kappa shape index (κ2) is 6.36. The molecular formula is C22H27N5O. The Morgan fingerprint density at radius 2 is 2.04 bits per heavy atom. The molecule has 1 saturated heterocycles. The van der Waals surface area contributed by atoms with Crippen molar-refractivity contribution in [2.75, 3.05) is 13.1 Å². The molecule has 3 aromatic heterocycles. The van der Waals surface area contributed by atoms with Crippen molar-refractivity contribution in [3.05, 3.63) is 52.9 Å². The number of rotatable bonds is 3. The van der Waals surface area contributed by atoms with Crippen molar-refractivity contribution in [2.45, 2.75) is 58.2 Å². The summed E-state index contributed by atoms with van der Waals surface area (Å²) in [6.07, 6.45) is 7.13. The first-order valence-corrected chi connectivity index (χ1v) is 10.2. The molecule has 28 heavy (non-hydrogen) atoms. The Morgan fingerprint density at radius 3 is 2.82 bits per heavy atom. The Morgan fingerprint density at radius 1 is 1.18 bits per heavy atom. The SMILES string of the molecule is Cc1ccc(C(C)(O)Cn2c3c(c4nc(C)ncc42)C2CCCN2CC3)cn1. The minimum absolute atomic E-state index is 0.452. The van der Waals surface area contributed by atoms with E-state index >= 15 is 0 Å². The average molecular weight is 377 g/mol. The number of aromatic nitrogens is 4. The van der Waals surface area contributed by atoms with E-state index in [0.717, 1.165) is 41.1 Å². The van der Waals surface area contributed by atoms with Gasteiger partial charge < -0.3 is 9.67 Å². The highest BCUT2D eigenvalue weighted by molar-refractivity contribution is 5.82. The molecule has 0 spiro atoms. The number of hydrogen-bond acceptors (Lipinski definition) is 5. The van der Waals surface area contributed by atoms with Gasteiger partial charge >= 0.3 is 0 Å². The van der Waals surface area contributed by atoms with Gasteiger partial charge in [-0.25, -0.2) is 9.97 Å². The fourth-order valence-electron chi connectivity index (χ4n) is 4.94. The maximum Gasteiger partial charge on any atom is 0.126 e. The van der Waals surface area contributed by atoms with Crippen molar-refractivity contribution in [3.63, 3.8) is 0 Å². The van der Waals surface area contributed by atoms with Gasteiger partial charge in [0.05, 0.1) is 23.8 Å². The number of fused-ring (bicyclic) bond motifs is 5. The van der Waals surface area contributed by atoms with Crippen LogP contribution in [0.1, 0.15) is 54.1 Å². The molecule has 1 N–H and O–H groups in total. The molecule has 5 rings (SSSR count). The zero-order valence-corrected chi connectivity index (χ0v) is 16.8. The highest BCUT2D eigenvalue weighted by atomic mass is 16.3. The predicted molar refractivity (Wildman–Crippen MR) is 108 cm³/mol. The van der Waals surface area contributed by atoms with Gasteiger partial charge in [-0.15, -0.1) is 0 Å². The number of aryl methyl sites for hydroxylation is 2. The van der Waals surface area contributed by atoms with Crippen LogP contribution in [0, 0.1) is 13.8 Å². The maximum absolute atomic E-state index is 11.3. The lowest BCUT2D eigenvalue weighted by Gasteiger charge is -2.32. The number of nitrogens with zero attached hydrogens (tertiary/aromatic N) is 5. The molecule has 0 radical (unpaired) electrons. The quantitative estimate of drug-likeness (QED) is 0.760. The van der Waals surface area contributed by atoms with Crippen LogP contribution in [0.15, 0.2) is 24.5 Å². The summed E-state index contributed by atoms with van der Waals surface area (Å²) in [5.41, 5.74) is 5.55. The van der Waals surface area contributed by atoms with Crippen LogP contribution in [-0.4, -0.2) is 42.6 Å². The third kappa shape index (κ3) is 2.74. The molecule has 146 valence electrons. The van der Waals surface area contributed by atoms with Crippen LogP contribution in [0.2, 0.25) is 0 Å². The van der Waals surface area contributed by atoms with Gasteiger partial charge in [0.2, 0.25) is 0 Å². The standard InChI is InChI=1S/C22H27N5O/c1-14-6-7-16(11-23-14)22(3,28)13-27-18-8-10-26-9-4-5-17(26)20(18)21-19(27)12-24-15(2)25-21/h6-7,11-12,17,28H,4-5,8-10,13H2,1-3H3. The van der Waals surface area contributed by atoms with E-state index in [4.69, 9.17) is 4.98 Å². The van der Waals surface area contributed by atoms with Crippen LogP contribution in [0.3, 0.4) is 0 Å². The van der Waals surface area contributed by atoms with Gasteiger partial charge in [0.15, 0.2) is 0 Å². The zero-order chi connectivity index (χ0) is 19.5. The van der Waals surface area contributed by atoms with E-state index in [1.807, 2.05) is 39.1 Å². The van der Waals surface area contributed by atoms with Crippen molar-refractivity contribution in [1.82, 2.24) is 24.4 Å². The van der Waals surface area contributed by atoms with Gasteiger partial charge in [-0.05, 0) is 46.2 Å². The van der Waals surface area contributed by atoms with E-state index in [2.05, 4.69) is 19.4 Å². The van der Waals surface area contributed by atoms with Gasteiger partial charge in [-0.2, -0.15) is 0 Å². The molecule has 0 aromatic carbocycles. The van der Waals surface area contributed by atoms with Crippen LogP contribution in [0.5, 0.6) is 0 Å². The molecule has 1 fully saturated rings. The summed E-state index contributed by atoms with van der Waals surface area (Å²) in [6.45, 7) is 8.51. The van der Waals surface area contributed by atoms with Crippen molar-refractivity contribution in [2.24, 2.45) is 0 Å². The first-order chi connectivity index (χ1) is 13.4. The van der Waals surface area contributed by atoms with Gasteiger partial charge in [-0.3, -0.25) is 9.88 Å². The molecule has 2 aliphatic rings. The van der Waals surface area contributed by atoms with E-state index in [9.17, 15) is 5.11 Å². The van der Waals surface area contributed by atoms with Gasteiger partial charge in [0.25, 0.3) is 0 Å². The smallest absolute Gasteiger partial charge is 0.126 e. The van der Waals surface area contributed by atoms with Gasteiger partial charge in [0, 0.05) is 47.7 Å². The normalized spacial score (nSPS) is 21.5. The molecule has 0 amide bonds. The van der Waals surface area contributed by atoms with E-state index in [1.54, 1.807) is 6.20 Å².